The van der Waals surface area contributed by atoms with Gasteiger partial charge >= 0.3 is 0 Å². The van der Waals surface area contributed by atoms with Gasteiger partial charge in [-0.15, -0.1) is 0 Å². The molecular formula is C19H23BrN4. The van der Waals surface area contributed by atoms with Gasteiger partial charge in [-0.3, -0.25) is 0 Å². The zero-order valence-corrected chi connectivity index (χ0v) is 15.6. The molecule has 0 radical (unpaired) electrons. The monoisotopic (exact) mass is 386 g/mol. The Bertz CT molecular complexity index is 710. The van der Waals surface area contributed by atoms with Gasteiger partial charge in [-0.1, -0.05) is 27.6 Å². The van der Waals surface area contributed by atoms with Crippen molar-refractivity contribution in [2.45, 2.75) is 39.0 Å². The van der Waals surface area contributed by atoms with Crippen LogP contribution in [0.4, 0.5) is 17.3 Å². The third-order valence-electron chi connectivity index (χ3n) is 4.09. The summed E-state index contributed by atoms with van der Waals surface area (Å²) in [7, 11) is 0. The minimum atomic E-state index is 0.761. The van der Waals surface area contributed by atoms with Crippen LogP contribution < -0.4 is 10.6 Å². The molecule has 0 aliphatic heterocycles. The lowest BCUT2D eigenvalue weighted by atomic mass is 9.97. The summed E-state index contributed by atoms with van der Waals surface area (Å²) >= 11 is 3.45. The fourth-order valence-corrected chi connectivity index (χ4v) is 3.15. The summed E-state index contributed by atoms with van der Waals surface area (Å²) in [4.78, 5) is 8.95. The number of allylic oxidation sites excluding steroid dienone is 1. The van der Waals surface area contributed by atoms with Crippen molar-refractivity contribution in [2.75, 3.05) is 17.2 Å². The van der Waals surface area contributed by atoms with E-state index in [0.29, 0.717) is 0 Å². The van der Waals surface area contributed by atoms with Crippen LogP contribution in [0.25, 0.3) is 0 Å². The van der Waals surface area contributed by atoms with Gasteiger partial charge in [0.25, 0.3) is 0 Å². The van der Waals surface area contributed by atoms with Crippen molar-refractivity contribution in [1.82, 2.24) is 9.97 Å². The highest BCUT2D eigenvalue weighted by atomic mass is 79.9. The van der Waals surface area contributed by atoms with Crippen LogP contribution in [0.1, 0.15) is 37.9 Å². The third-order valence-corrected chi connectivity index (χ3v) is 4.62. The Morgan fingerprint density at radius 1 is 1.08 bits per heavy atom. The standard InChI is InChI=1S/C19H23BrN4/c1-14-22-18(21-12-11-15-5-3-2-4-6-15)13-19(23-14)24-17-9-7-16(20)8-10-17/h5,7-10,13H,2-4,6,11-12H2,1H3,(H2,21,22,23,24). The van der Waals surface area contributed by atoms with Gasteiger partial charge in [-0.05, 0) is 63.3 Å². The van der Waals surface area contributed by atoms with Gasteiger partial charge in [-0.2, -0.15) is 0 Å². The molecule has 1 aromatic heterocycles. The predicted molar refractivity (Wildman–Crippen MR) is 104 cm³/mol. The number of halogens is 1. The highest BCUT2D eigenvalue weighted by molar-refractivity contribution is 9.10. The van der Waals surface area contributed by atoms with Crippen LogP contribution in [0.2, 0.25) is 0 Å². The van der Waals surface area contributed by atoms with Crippen molar-refractivity contribution >= 4 is 33.3 Å². The van der Waals surface area contributed by atoms with Crippen LogP contribution in [-0.2, 0) is 0 Å². The van der Waals surface area contributed by atoms with E-state index in [0.717, 1.165) is 40.6 Å². The highest BCUT2D eigenvalue weighted by Crippen LogP contribution is 2.21. The Kier molecular flexibility index (Phi) is 5.86. The molecular weight excluding hydrogens is 364 g/mol. The van der Waals surface area contributed by atoms with Gasteiger partial charge in [0, 0.05) is 22.8 Å². The summed E-state index contributed by atoms with van der Waals surface area (Å²) in [6, 6.07) is 10.0. The first-order valence-electron chi connectivity index (χ1n) is 8.49. The van der Waals surface area contributed by atoms with Crippen LogP contribution >= 0.6 is 15.9 Å². The number of anilines is 3. The molecule has 2 N–H and O–H groups in total. The Balaban J connectivity index is 1.60. The molecule has 24 heavy (non-hydrogen) atoms. The highest BCUT2D eigenvalue weighted by Gasteiger charge is 2.05. The lowest BCUT2D eigenvalue weighted by Gasteiger charge is -2.14. The number of hydrogen-bond donors (Lipinski definition) is 2. The molecule has 126 valence electrons. The normalized spacial score (nSPS) is 14.2. The number of aryl methyl sites for hydroxylation is 1. The molecule has 1 heterocycles. The lowest BCUT2D eigenvalue weighted by Crippen LogP contribution is -2.08. The second-order valence-electron chi connectivity index (χ2n) is 6.10. The Morgan fingerprint density at radius 3 is 2.62 bits per heavy atom. The summed E-state index contributed by atoms with van der Waals surface area (Å²) in [5.74, 6) is 2.44. The Labute approximate surface area is 151 Å². The first kappa shape index (κ1) is 17.0. The first-order chi connectivity index (χ1) is 11.7. The molecule has 0 bridgehead atoms. The van der Waals surface area contributed by atoms with E-state index in [9.17, 15) is 0 Å². The topological polar surface area (TPSA) is 49.8 Å². The van der Waals surface area contributed by atoms with Gasteiger partial charge in [0.1, 0.15) is 17.5 Å². The number of hydrogen-bond acceptors (Lipinski definition) is 4. The van der Waals surface area contributed by atoms with E-state index in [1.54, 1.807) is 5.57 Å². The summed E-state index contributed by atoms with van der Waals surface area (Å²) in [6.07, 6.45) is 8.66. The van der Waals surface area contributed by atoms with Gasteiger partial charge in [-0.25, -0.2) is 9.97 Å². The van der Waals surface area contributed by atoms with E-state index in [2.05, 4.69) is 42.6 Å². The molecule has 2 aromatic rings. The van der Waals surface area contributed by atoms with Crippen LogP contribution in [0.5, 0.6) is 0 Å². The molecule has 0 saturated heterocycles. The largest absolute Gasteiger partial charge is 0.370 e. The minimum absolute atomic E-state index is 0.761. The van der Waals surface area contributed by atoms with Crippen molar-refractivity contribution in [1.29, 1.82) is 0 Å². The molecule has 0 atom stereocenters. The van der Waals surface area contributed by atoms with Crippen molar-refractivity contribution in [2.24, 2.45) is 0 Å². The molecule has 3 rings (SSSR count). The SMILES string of the molecule is Cc1nc(NCCC2=CCCCC2)cc(Nc2ccc(Br)cc2)n1. The molecule has 1 aliphatic rings. The number of rotatable bonds is 6. The van der Waals surface area contributed by atoms with Gasteiger partial charge in [0.05, 0.1) is 0 Å². The maximum Gasteiger partial charge on any atom is 0.136 e. The summed E-state index contributed by atoms with van der Waals surface area (Å²) < 4.78 is 1.06. The molecule has 0 amide bonds. The van der Waals surface area contributed by atoms with Crippen molar-refractivity contribution in [3.63, 3.8) is 0 Å². The quantitative estimate of drug-likeness (QED) is 0.634. The maximum atomic E-state index is 4.48. The third kappa shape index (κ3) is 5.06. The van der Waals surface area contributed by atoms with Gasteiger partial charge in [0.2, 0.25) is 0 Å². The average Bonchev–Trinajstić information content (AvgIpc) is 2.57. The molecule has 0 unspecified atom stereocenters. The van der Waals surface area contributed by atoms with E-state index < -0.39 is 0 Å². The number of benzene rings is 1. The van der Waals surface area contributed by atoms with E-state index in [4.69, 9.17) is 0 Å². The van der Waals surface area contributed by atoms with Gasteiger partial charge < -0.3 is 10.6 Å². The molecule has 0 fully saturated rings. The van der Waals surface area contributed by atoms with E-state index in [-0.39, 0.29) is 0 Å². The summed E-state index contributed by atoms with van der Waals surface area (Å²) in [6.45, 7) is 2.83. The molecule has 0 saturated carbocycles. The van der Waals surface area contributed by atoms with Crippen LogP contribution in [0, 0.1) is 6.92 Å². The Morgan fingerprint density at radius 2 is 1.88 bits per heavy atom. The summed E-state index contributed by atoms with van der Waals surface area (Å²) in [5.41, 5.74) is 2.59. The zero-order valence-electron chi connectivity index (χ0n) is 14.0. The molecule has 4 nitrogen and oxygen atoms in total. The smallest absolute Gasteiger partial charge is 0.136 e. The van der Waals surface area contributed by atoms with Crippen LogP contribution in [-0.4, -0.2) is 16.5 Å². The Hall–Kier alpha value is -1.88. The zero-order chi connectivity index (χ0) is 16.8. The molecule has 5 heteroatoms. The summed E-state index contributed by atoms with van der Waals surface area (Å²) in [5, 5.41) is 6.76. The maximum absolute atomic E-state index is 4.48. The second kappa shape index (κ2) is 8.29. The lowest BCUT2D eigenvalue weighted by molar-refractivity contribution is 0.679. The molecule has 0 spiro atoms. The second-order valence-corrected chi connectivity index (χ2v) is 7.02. The fraction of sp³-hybridized carbons (Fsp3) is 0.368. The van der Waals surface area contributed by atoms with E-state index in [1.807, 2.05) is 37.3 Å². The molecule has 1 aliphatic carbocycles. The van der Waals surface area contributed by atoms with Crippen LogP contribution in [0.3, 0.4) is 0 Å². The number of nitrogens with zero attached hydrogens (tertiary/aromatic N) is 2. The first-order valence-corrected chi connectivity index (χ1v) is 9.28. The van der Waals surface area contributed by atoms with Crippen molar-refractivity contribution in [3.05, 3.63) is 52.3 Å². The predicted octanol–water partition coefficient (Wildman–Crippen LogP) is 5.59. The van der Waals surface area contributed by atoms with Crippen LogP contribution in [0.15, 0.2) is 46.5 Å². The fourth-order valence-electron chi connectivity index (χ4n) is 2.89. The van der Waals surface area contributed by atoms with Gasteiger partial charge in [0.15, 0.2) is 0 Å². The minimum Gasteiger partial charge on any atom is -0.370 e. The van der Waals surface area contributed by atoms with Crippen molar-refractivity contribution in [3.8, 4) is 0 Å². The average molecular weight is 387 g/mol. The van der Waals surface area contributed by atoms with E-state index >= 15 is 0 Å². The van der Waals surface area contributed by atoms with Crippen molar-refractivity contribution < 1.29 is 0 Å². The number of aromatic nitrogens is 2. The van der Waals surface area contributed by atoms with E-state index in [1.165, 1.54) is 25.7 Å². The molecule has 1 aromatic carbocycles. The number of nitrogens with one attached hydrogen (secondary N) is 2.